The largest absolute Gasteiger partial charge is 0.492 e. The summed E-state index contributed by atoms with van der Waals surface area (Å²) in [5.74, 6) is 2.51. The van der Waals surface area contributed by atoms with Gasteiger partial charge in [-0.3, -0.25) is 0 Å². The number of methoxy groups -OCH3 is 4. The van der Waals surface area contributed by atoms with Crippen molar-refractivity contribution in [2.24, 2.45) is 0 Å². The highest BCUT2D eigenvalue weighted by Gasteiger charge is 2.46. The highest BCUT2D eigenvalue weighted by molar-refractivity contribution is 5.67. The smallest absolute Gasteiger partial charge is 0.207 e. The monoisotopic (exact) mass is 636 g/mol. The lowest BCUT2D eigenvalue weighted by atomic mass is 9.99. The number of hydrogen-bond donors (Lipinski definition) is 0. The van der Waals surface area contributed by atoms with Crippen molar-refractivity contribution in [3.05, 3.63) is 69.4 Å². The van der Waals surface area contributed by atoms with Crippen molar-refractivity contribution >= 4 is 0 Å². The van der Waals surface area contributed by atoms with E-state index in [-0.39, 0.29) is 5.60 Å². The van der Waals surface area contributed by atoms with Crippen molar-refractivity contribution in [3.8, 4) is 23.0 Å². The summed E-state index contributed by atoms with van der Waals surface area (Å²) in [6, 6.07) is 0. The molecule has 1 aromatic carbocycles. The molecule has 0 radical (unpaired) electrons. The molecule has 5 heteroatoms. The summed E-state index contributed by atoms with van der Waals surface area (Å²) in [7, 11) is 6.57. The minimum atomic E-state index is 0.112. The van der Waals surface area contributed by atoms with E-state index in [1.807, 2.05) is 6.92 Å². The Kier molecular flexibility index (Phi) is 16.8. The molecule has 0 aromatic heterocycles. The molecule has 2 rings (SSSR count). The van der Waals surface area contributed by atoms with E-state index in [1.54, 1.807) is 28.4 Å². The van der Waals surface area contributed by atoms with Crippen molar-refractivity contribution in [1.82, 2.24) is 0 Å². The molecule has 1 aromatic rings. The van der Waals surface area contributed by atoms with Crippen LogP contribution in [0.4, 0.5) is 0 Å². The molecular weight excluding hydrogens is 572 g/mol. The van der Waals surface area contributed by atoms with Crippen molar-refractivity contribution in [1.29, 1.82) is 0 Å². The maximum atomic E-state index is 5.75. The Labute approximate surface area is 281 Å². The van der Waals surface area contributed by atoms with Gasteiger partial charge in [-0.2, -0.15) is 0 Å². The van der Waals surface area contributed by atoms with Gasteiger partial charge in [0.2, 0.25) is 11.5 Å². The molecule has 258 valence electrons. The molecule has 1 atom stereocenters. The summed E-state index contributed by atoms with van der Waals surface area (Å²) in [5.41, 5.74) is 9.49. The topological polar surface area (TPSA) is 49.5 Å². The van der Waals surface area contributed by atoms with Crippen LogP contribution in [-0.4, -0.2) is 40.1 Å². The number of allylic oxidation sites excluding steroid dienone is 10. The van der Waals surface area contributed by atoms with Gasteiger partial charge in [0.15, 0.2) is 11.5 Å². The molecule has 5 nitrogen and oxygen atoms in total. The van der Waals surface area contributed by atoms with Crippen LogP contribution in [0.2, 0.25) is 0 Å². The second kappa shape index (κ2) is 19.7. The average molecular weight is 637 g/mol. The summed E-state index contributed by atoms with van der Waals surface area (Å²) < 4.78 is 28.3. The molecular formula is C41H64O5. The van der Waals surface area contributed by atoms with Crippen molar-refractivity contribution in [2.75, 3.05) is 28.4 Å². The van der Waals surface area contributed by atoms with Crippen LogP contribution in [0.15, 0.2) is 58.2 Å². The van der Waals surface area contributed by atoms with Crippen LogP contribution in [-0.2, 0) is 11.2 Å². The van der Waals surface area contributed by atoms with Crippen LogP contribution >= 0.6 is 0 Å². The zero-order valence-electron chi connectivity index (χ0n) is 31.3. The van der Waals surface area contributed by atoms with Gasteiger partial charge in [-0.15, -0.1) is 0 Å². The molecule has 0 bridgehead atoms. The minimum Gasteiger partial charge on any atom is -0.492 e. The molecule has 1 saturated heterocycles. The molecule has 0 aliphatic carbocycles. The summed E-state index contributed by atoms with van der Waals surface area (Å²) in [6.45, 7) is 17.7. The van der Waals surface area contributed by atoms with Crippen LogP contribution in [0, 0.1) is 6.92 Å². The Bertz CT molecular complexity index is 1270. The fourth-order valence-corrected chi connectivity index (χ4v) is 5.97. The number of epoxide rings is 1. The van der Waals surface area contributed by atoms with Gasteiger partial charge in [-0.25, -0.2) is 0 Å². The molecule has 1 heterocycles. The first kappa shape index (κ1) is 39.3. The third-order valence-corrected chi connectivity index (χ3v) is 9.25. The molecule has 1 aliphatic heterocycles. The number of ether oxygens (including phenoxy) is 5. The Hall–Kier alpha value is -2.92. The van der Waals surface area contributed by atoms with Gasteiger partial charge >= 0.3 is 0 Å². The van der Waals surface area contributed by atoms with Crippen LogP contribution in [0.1, 0.15) is 124 Å². The second-order valence-corrected chi connectivity index (χ2v) is 13.6. The Morgan fingerprint density at radius 1 is 0.565 bits per heavy atom. The zero-order valence-corrected chi connectivity index (χ0v) is 31.3. The number of rotatable bonds is 21. The molecule has 0 amide bonds. The molecule has 0 saturated carbocycles. The highest BCUT2D eigenvalue weighted by atomic mass is 16.6. The molecule has 0 spiro atoms. The maximum Gasteiger partial charge on any atom is 0.207 e. The molecule has 1 aliphatic rings. The van der Waals surface area contributed by atoms with Crippen LogP contribution in [0.25, 0.3) is 0 Å². The highest BCUT2D eigenvalue weighted by Crippen LogP contribution is 2.49. The average Bonchev–Trinajstić information content (AvgIpc) is 3.64. The van der Waals surface area contributed by atoms with Crippen LogP contribution in [0.3, 0.4) is 0 Å². The summed E-state index contributed by atoms with van der Waals surface area (Å²) in [6.07, 6.45) is 24.3. The Balaban J connectivity index is 1.74. The van der Waals surface area contributed by atoms with E-state index < -0.39 is 0 Å². The molecule has 1 fully saturated rings. The first-order valence-corrected chi connectivity index (χ1v) is 17.2. The number of hydrogen-bond acceptors (Lipinski definition) is 5. The van der Waals surface area contributed by atoms with Crippen LogP contribution in [0.5, 0.6) is 23.0 Å². The summed E-state index contributed by atoms with van der Waals surface area (Å²) >= 11 is 0. The molecule has 1 unspecified atom stereocenters. The zero-order chi connectivity index (χ0) is 34.3. The summed E-state index contributed by atoms with van der Waals surface area (Å²) in [5, 5.41) is 0. The second-order valence-electron chi connectivity index (χ2n) is 13.6. The van der Waals surface area contributed by atoms with Crippen molar-refractivity contribution < 1.29 is 23.7 Å². The predicted octanol–water partition coefficient (Wildman–Crippen LogP) is 11.4. The predicted molar refractivity (Wildman–Crippen MR) is 195 cm³/mol. The molecule has 46 heavy (non-hydrogen) atoms. The quantitative estimate of drug-likeness (QED) is 0.0992. The third-order valence-electron chi connectivity index (χ3n) is 9.25. The standard InChI is InChI=1S/C41H64O5/c1-29(18-14-20-31(3)22-16-24-33(5)26-28-36-41(7,8)46-36)17-13-19-30(2)21-15-23-32(4)25-27-35-34(6)37(42-9)39(44-11)40(45-12)38(35)43-10/h17,20-21,24-25,36H,13-16,18-19,22-23,26-28H2,1-12H3. The van der Waals surface area contributed by atoms with E-state index in [2.05, 4.69) is 78.8 Å². The van der Waals surface area contributed by atoms with Gasteiger partial charge in [0.1, 0.15) is 0 Å². The van der Waals surface area contributed by atoms with Gasteiger partial charge in [0.25, 0.3) is 0 Å². The maximum absolute atomic E-state index is 5.75. The lowest BCUT2D eigenvalue weighted by Gasteiger charge is -2.21. The fourth-order valence-electron chi connectivity index (χ4n) is 5.97. The van der Waals surface area contributed by atoms with Gasteiger partial charge in [-0.05, 0) is 126 Å². The van der Waals surface area contributed by atoms with Gasteiger partial charge in [0, 0.05) is 11.1 Å². The van der Waals surface area contributed by atoms with E-state index in [4.69, 9.17) is 23.7 Å². The van der Waals surface area contributed by atoms with Crippen LogP contribution < -0.4 is 18.9 Å². The van der Waals surface area contributed by atoms with E-state index in [9.17, 15) is 0 Å². The Morgan fingerprint density at radius 3 is 1.28 bits per heavy atom. The van der Waals surface area contributed by atoms with E-state index in [0.717, 1.165) is 81.8 Å². The van der Waals surface area contributed by atoms with E-state index in [0.29, 0.717) is 29.1 Å². The first-order chi connectivity index (χ1) is 21.9. The number of benzene rings is 1. The third kappa shape index (κ3) is 12.7. The van der Waals surface area contributed by atoms with Gasteiger partial charge in [-0.1, -0.05) is 58.2 Å². The van der Waals surface area contributed by atoms with Crippen molar-refractivity contribution in [2.45, 2.75) is 138 Å². The van der Waals surface area contributed by atoms with Crippen molar-refractivity contribution in [3.63, 3.8) is 0 Å². The SMILES string of the molecule is COc1c(C)c(CC=C(C)CCC=C(C)CCC=C(C)CCC=C(C)CCC=C(C)CCC2OC2(C)C)c(OC)c(OC)c1OC. The van der Waals surface area contributed by atoms with E-state index in [1.165, 1.54) is 27.9 Å². The lowest BCUT2D eigenvalue weighted by Crippen LogP contribution is -2.04. The minimum absolute atomic E-state index is 0.112. The van der Waals surface area contributed by atoms with E-state index >= 15 is 0 Å². The Morgan fingerprint density at radius 2 is 0.913 bits per heavy atom. The lowest BCUT2D eigenvalue weighted by molar-refractivity contribution is 0.302. The summed E-state index contributed by atoms with van der Waals surface area (Å²) in [4.78, 5) is 0. The van der Waals surface area contributed by atoms with Gasteiger partial charge in [0.05, 0.1) is 40.1 Å². The molecule has 0 N–H and O–H groups in total. The normalized spacial score (nSPS) is 17.3. The fraction of sp³-hybridized carbons (Fsp3) is 0.610. The van der Waals surface area contributed by atoms with Gasteiger partial charge < -0.3 is 23.7 Å². The first-order valence-electron chi connectivity index (χ1n) is 17.2.